The number of cyclic esters (lactones) is 1. The van der Waals surface area contributed by atoms with Crippen molar-refractivity contribution in [2.45, 2.75) is 32.0 Å². The third-order valence-electron chi connectivity index (χ3n) is 5.17. The Morgan fingerprint density at radius 1 is 1.31 bits per heavy atom. The van der Waals surface area contributed by atoms with Crippen LogP contribution in [0.25, 0.3) is 0 Å². The maximum atomic E-state index is 13.7. The first kappa shape index (κ1) is 18.7. The second-order valence-electron chi connectivity index (χ2n) is 6.78. The van der Waals surface area contributed by atoms with Crippen LogP contribution in [0.15, 0.2) is 36.4 Å². The number of hydrogen-bond donors (Lipinski definition) is 1. The van der Waals surface area contributed by atoms with Crippen LogP contribution in [-0.4, -0.2) is 30.3 Å². The molecule has 2 atom stereocenters. The molecule has 1 N–H and O–H groups in total. The number of carbonyl (C=O) groups is 1. The highest BCUT2D eigenvalue weighted by atomic mass is 35.5. The van der Waals surface area contributed by atoms with Crippen molar-refractivity contribution in [2.24, 2.45) is 0 Å². The summed E-state index contributed by atoms with van der Waals surface area (Å²) >= 11 is 0. The van der Waals surface area contributed by atoms with Crippen molar-refractivity contribution in [2.75, 3.05) is 18.0 Å². The molecule has 4 rings (SSSR count). The van der Waals surface area contributed by atoms with E-state index in [1.807, 2.05) is 24.3 Å². The van der Waals surface area contributed by atoms with Crippen molar-refractivity contribution in [3.05, 3.63) is 64.5 Å². The van der Waals surface area contributed by atoms with E-state index < -0.39 is 0 Å². The molecule has 4 nitrogen and oxygen atoms in total. The molecule has 0 bridgehead atoms. The summed E-state index contributed by atoms with van der Waals surface area (Å²) in [6, 6.07) is 10.7. The Labute approximate surface area is 158 Å². The highest BCUT2D eigenvalue weighted by Gasteiger charge is 2.32. The highest BCUT2D eigenvalue weighted by molar-refractivity contribution is 5.95. The highest BCUT2D eigenvalue weighted by Crippen LogP contribution is 2.36. The van der Waals surface area contributed by atoms with E-state index in [-0.39, 0.29) is 36.4 Å². The maximum absolute atomic E-state index is 13.7. The number of β-amino-alcohol motifs (C(OH)–C–C–N with tert-alkyl or cyclic N) is 1. The summed E-state index contributed by atoms with van der Waals surface area (Å²) in [6.07, 6.45) is 0.498. The van der Waals surface area contributed by atoms with E-state index >= 15 is 0 Å². The molecule has 0 spiro atoms. The van der Waals surface area contributed by atoms with E-state index in [0.29, 0.717) is 24.1 Å². The van der Waals surface area contributed by atoms with Crippen molar-refractivity contribution >= 4 is 24.1 Å². The summed E-state index contributed by atoms with van der Waals surface area (Å²) in [6.45, 7) is 3.10. The van der Waals surface area contributed by atoms with Gasteiger partial charge in [-0.05, 0) is 42.7 Å². The average molecular weight is 378 g/mol. The third-order valence-corrected chi connectivity index (χ3v) is 5.17. The number of hydrogen-bond acceptors (Lipinski definition) is 4. The van der Waals surface area contributed by atoms with Gasteiger partial charge in [-0.25, -0.2) is 9.18 Å². The van der Waals surface area contributed by atoms with Gasteiger partial charge in [-0.15, -0.1) is 12.4 Å². The zero-order chi connectivity index (χ0) is 17.6. The SMILES string of the molecule is Cc1c(F)cccc1CC1OC(=O)c2cc(N3CC[C@@H](O)C3)ccc21.Cl. The number of aliphatic hydroxyl groups excluding tert-OH is 1. The molecule has 26 heavy (non-hydrogen) atoms. The zero-order valence-corrected chi connectivity index (χ0v) is 15.3. The summed E-state index contributed by atoms with van der Waals surface area (Å²) in [7, 11) is 0. The fourth-order valence-corrected chi connectivity index (χ4v) is 3.66. The number of ether oxygens (including phenoxy) is 1. The molecule has 0 aliphatic carbocycles. The topological polar surface area (TPSA) is 49.8 Å². The second kappa shape index (κ2) is 7.25. The van der Waals surface area contributed by atoms with Crippen molar-refractivity contribution in [3.8, 4) is 0 Å². The largest absolute Gasteiger partial charge is 0.454 e. The first-order valence-electron chi connectivity index (χ1n) is 8.55. The van der Waals surface area contributed by atoms with E-state index in [1.165, 1.54) is 6.07 Å². The normalized spacial score (nSPS) is 21.3. The van der Waals surface area contributed by atoms with Crippen LogP contribution < -0.4 is 4.90 Å². The summed E-state index contributed by atoms with van der Waals surface area (Å²) in [4.78, 5) is 14.4. The van der Waals surface area contributed by atoms with Crippen LogP contribution >= 0.6 is 12.4 Å². The third kappa shape index (κ3) is 3.29. The van der Waals surface area contributed by atoms with Gasteiger partial charge in [0, 0.05) is 30.8 Å². The number of aliphatic hydroxyl groups is 1. The fraction of sp³-hybridized carbons (Fsp3) is 0.350. The molecule has 1 unspecified atom stereocenters. The number of nitrogens with zero attached hydrogens (tertiary/aromatic N) is 1. The lowest BCUT2D eigenvalue weighted by Crippen LogP contribution is -2.21. The minimum absolute atomic E-state index is 0. The monoisotopic (exact) mass is 377 g/mol. The number of rotatable bonds is 3. The van der Waals surface area contributed by atoms with Crippen molar-refractivity contribution < 1.29 is 19.0 Å². The van der Waals surface area contributed by atoms with Gasteiger partial charge in [0.05, 0.1) is 11.7 Å². The molecular formula is C20H21ClFNO3. The van der Waals surface area contributed by atoms with E-state index in [0.717, 1.165) is 29.8 Å². The van der Waals surface area contributed by atoms with Gasteiger partial charge in [0.1, 0.15) is 11.9 Å². The molecule has 1 fully saturated rings. The van der Waals surface area contributed by atoms with Crippen LogP contribution in [0.3, 0.4) is 0 Å². The Hall–Kier alpha value is -2.11. The zero-order valence-electron chi connectivity index (χ0n) is 14.4. The summed E-state index contributed by atoms with van der Waals surface area (Å²) in [5.41, 5.74) is 3.78. The number of fused-ring (bicyclic) bond motifs is 1. The van der Waals surface area contributed by atoms with Gasteiger partial charge in [0.2, 0.25) is 0 Å². The Balaban J connectivity index is 0.00000196. The standard InChI is InChI=1S/C20H20FNO3.ClH/c1-12-13(3-2-4-18(12)21)9-19-16-6-5-14(10-17(16)20(24)25-19)22-8-7-15(23)11-22;/h2-6,10,15,19,23H,7-9,11H2,1H3;1H/t15-,19?;/m1./s1. The van der Waals surface area contributed by atoms with Gasteiger partial charge in [0.15, 0.2) is 0 Å². The first-order valence-corrected chi connectivity index (χ1v) is 8.55. The Bertz CT molecular complexity index is 842. The van der Waals surface area contributed by atoms with Crippen LogP contribution in [-0.2, 0) is 11.2 Å². The Morgan fingerprint density at radius 2 is 2.12 bits per heavy atom. The van der Waals surface area contributed by atoms with Gasteiger partial charge in [0.25, 0.3) is 0 Å². The molecule has 0 aromatic heterocycles. The van der Waals surface area contributed by atoms with Gasteiger partial charge in [-0.2, -0.15) is 0 Å². The number of anilines is 1. The number of esters is 1. The van der Waals surface area contributed by atoms with Crippen molar-refractivity contribution in [3.63, 3.8) is 0 Å². The second-order valence-corrected chi connectivity index (χ2v) is 6.78. The lowest BCUT2D eigenvalue weighted by atomic mass is 9.96. The molecule has 2 heterocycles. The maximum Gasteiger partial charge on any atom is 0.339 e. The average Bonchev–Trinajstić information content (AvgIpc) is 3.16. The lowest BCUT2D eigenvalue weighted by Gasteiger charge is -2.18. The predicted molar refractivity (Wildman–Crippen MR) is 99.5 cm³/mol. The summed E-state index contributed by atoms with van der Waals surface area (Å²) in [5.74, 6) is -0.583. The molecule has 0 radical (unpaired) electrons. The molecule has 2 aliphatic heterocycles. The first-order chi connectivity index (χ1) is 12.0. The Morgan fingerprint density at radius 3 is 2.85 bits per heavy atom. The molecule has 0 amide bonds. The smallest absolute Gasteiger partial charge is 0.339 e. The number of halogens is 2. The molecule has 1 saturated heterocycles. The van der Waals surface area contributed by atoms with Crippen molar-refractivity contribution in [1.29, 1.82) is 0 Å². The minimum Gasteiger partial charge on any atom is -0.454 e. The minimum atomic E-state index is -0.388. The summed E-state index contributed by atoms with van der Waals surface area (Å²) in [5, 5.41) is 9.70. The Kier molecular flexibility index (Phi) is 5.21. The summed E-state index contributed by atoms with van der Waals surface area (Å²) < 4.78 is 19.3. The van der Waals surface area contributed by atoms with Crippen LogP contribution in [0, 0.1) is 12.7 Å². The molecule has 6 heteroatoms. The molecule has 2 aromatic carbocycles. The molecule has 2 aliphatic rings. The van der Waals surface area contributed by atoms with Crippen molar-refractivity contribution in [1.82, 2.24) is 0 Å². The lowest BCUT2D eigenvalue weighted by molar-refractivity contribution is 0.0386. The molecular weight excluding hydrogens is 357 g/mol. The van der Waals surface area contributed by atoms with E-state index in [2.05, 4.69) is 4.90 Å². The van der Waals surface area contributed by atoms with Crippen LogP contribution in [0.2, 0.25) is 0 Å². The molecule has 2 aromatic rings. The number of carbonyl (C=O) groups excluding carboxylic acids is 1. The van der Waals surface area contributed by atoms with Crippen LogP contribution in [0.1, 0.15) is 39.6 Å². The quantitative estimate of drug-likeness (QED) is 0.831. The molecule has 138 valence electrons. The van der Waals surface area contributed by atoms with Gasteiger partial charge in [-0.3, -0.25) is 0 Å². The van der Waals surface area contributed by atoms with Crippen LogP contribution in [0.5, 0.6) is 0 Å². The van der Waals surface area contributed by atoms with Gasteiger partial charge < -0.3 is 14.7 Å². The van der Waals surface area contributed by atoms with Gasteiger partial charge in [-0.1, -0.05) is 18.2 Å². The molecule has 0 saturated carbocycles. The van der Waals surface area contributed by atoms with Gasteiger partial charge >= 0.3 is 5.97 Å². The van der Waals surface area contributed by atoms with E-state index in [4.69, 9.17) is 4.74 Å². The van der Waals surface area contributed by atoms with Crippen LogP contribution in [0.4, 0.5) is 10.1 Å². The fourth-order valence-electron chi connectivity index (χ4n) is 3.66. The van der Waals surface area contributed by atoms with E-state index in [9.17, 15) is 14.3 Å². The van der Waals surface area contributed by atoms with E-state index in [1.54, 1.807) is 13.0 Å². The number of benzene rings is 2. The predicted octanol–water partition coefficient (Wildman–Crippen LogP) is 3.58.